The normalized spacial score (nSPS) is 13.3. The fraction of sp³-hybridized carbons (Fsp3) is 0.227. The zero-order valence-electron chi connectivity index (χ0n) is 17.3. The van der Waals surface area contributed by atoms with Crippen molar-refractivity contribution in [1.82, 2.24) is 9.55 Å². The third kappa shape index (κ3) is 4.12. The van der Waals surface area contributed by atoms with Crippen LogP contribution in [0.15, 0.2) is 65.7 Å². The first-order valence-corrected chi connectivity index (χ1v) is 11.3. The van der Waals surface area contributed by atoms with Gasteiger partial charge in [-0.05, 0) is 43.7 Å². The molecular formula is C22H18BrFN2O5S. The minimum atomic E-state index is -1.12. The lowest BCUT2D eigenvalue weighted by Gasteiger charge is -2.24. The number of aryl methyl sites for hydroxylation is 1. The lowest BCUT2D eigenvalue weighted by molar-refractivity contribution is -0.138. The summed E-state index contributed by atoms with van der Waals surface area (Å²) >= 11 is 4.42. The molecule has 2 aromatic heterocycles. The monoisotopic (exact) mass is 520 g/mol. The standard InChI is InChI=1S/C22H18BrFN2O5S/c1-4-22(3,19(27)30-18-12(2)29-21(28)31-18)32-20-25-15-7-5-6-8-17(15)26(20)16-10-9-13(23)11-14(16)24/h5-11H,4H2,1-3H3. The van der Waals surface area contributed by atoms with Gasteiger partial charge in [0.25, 0.3) is 0 Å². The molecule has 0 aliphatic rings. The van der Waals surface area contributed by atoms with Gasteiger partial charge in [-0.2, -0.15) is 0 Å². The lowest BCUT2D eigenvalue weighted by Crippen LogP contribution is -2.35. The summed E-state index contributed by atoms with van der Waals surface area (Å²) in [6.45, 7) is 4.97. The van der Waals surface area contributed by atoms with Crippen LogP contribution in [0.5, 0.6) is 5.95 Å². The van der Waals surface area contributed by atoms with Crippen LogP contribution in [0.4, 0.5) is 4.39 Å². The van der Waals surface area contributed by atoms with Gasteiger partial charge in [0.1, 0.15) is 10.6 Å². The smallest absolute Gasteiger partial charge is 0.392 e. The molecule has 4 aromatic rings. The van der Waals surface area contributed by atoms with Crippen molar-refractivity contribution in [2.75, 3.05) is 0 Å². The van der Waals surface area contributed by atoms with E-state index in [1.807, 2.05) is 31.2 Å². The minimum absolute atomic E-state index is 0.0657. The Hall–Kier alpha value is -2.85. The molecule has 10 heteroatoms. The van der Waals surface area contributed by atoms with Crippen LogP contribution in [-0.2, 0) is 4.79 Å². The number of esters is 1. The molecule has 0 spiro atoms. The van der Waals surface area contributed by atoms with E-state index in [4.69, 9.17) is 13.6 Å². The summed E-state index contributed by atoms with van der Waals surface area (Å²) in [5, 5.41) is 0.416. The summed E-state index contributed by atoms with van der Waals surface area (Å²) in [5.41, 5.74) is 1.65. The number of carbonyl (C=O) groups excluding carboxylic acids is 1. The van der Waals surface area contributed by atoms with Crippen LogP contribution in [-0.4, -0.2) is 20.3 Å². The Morgan fingerprint density at radius 2 is 2.03 bits per heavy atom. The molecule has 4 rings (SSSR count). The average Bonchev–Trinajstić information content (AvgIpc) is 3.26. The number of hydrogen-bond donors (Lipinski definition) is 0. The van der Waals surface area contributed by atoms with Crippen molar-refractivity contribution in [3.05, 3.63) is 69.1 Å². The third-order valence-electron chi connectivity index (χ3n) is 4.99. The van der Waals surface area contributed by atoms with Gasteiger partial charge in [-0.15, -0.1) is 0 Å². The van der Waals surface area contributed by atoms with Crippen LogP contribution >= 0.6 is 27.7 Å². The first-order chi connectivity index (χ1) is 15.2. The van der Waals surface area contributed by atoms with E-state index >= 15 is 0 Å². The summed E-state index contributed by atoms with van der Waals surface area (Å²) in [4.78, 5) is 29.0. The van der Waals surface area contributed by atoms with Gasteiger partial charge in [0, 0.05) is 11.4 Å². The molecule has 32 heavy (non-hydrogen) atoms. The van der Waals surface area contributed by atoms with Gasteiger partial charge in [0.05, 0.1) is 16.7 Å². The second-order valence-electron chi connectivity index (χ2n) is 7.19. The maximum atomic E-state index is 14.9. The van der Waals surface area contributed by atoms with E-state index in [1.54, 1.807) is 23.6 Å². The van der Waals surface area contributed by atoms with Crippen molar-refractivity contribution in [2.45, 2.75) is 37.1 Å². The number of benzene rings is 2. The average molecular weight is 521 g/mol. The number of ether oxygens (including phenoxy) is 1. The SMILES string of the molecule is CCC(C)(Sc1nc2ccccc2n1-c1ccc(Br)cc1F)C(=O)Oc1oc(=O)oc1C. The number of fused-ring (bicyclic) bond motifs is 1. The number of thioether (sulfide) groups is 1. The van der Waals surface area contributed by atoms with Gasteiger partial charge in [-0.3, -0.25) is 9.36 Å². The summed E-state index contributed by atoms with van der Waals surface area (Å²) in [5.74, 6) is -2.26. The van der Waals surface area contributed by atoms with Gasteiger partial charge in [-0.25, -0.2) is 14.2 Å². The van der Waals surface area contributed by atoms with Gasteiger partial charge in [-0.1, -0.05) is 46.7 Å². The van der Waals surface area contributed by atoms with Crippen LogP contribution in [0.3, 0.4) is 0 Å². The summed E-state index contributed by atoms with van der Waals surface area (Å²) in [7, 11) is 0. The number of para-hydroxylation sites is 2. The molecule has 0 aliphatic heterocycles. The first-order valence-electron chi connectivity index (χ1n) is 9.66. The molecule has 2 heterocycles. The van der Waals surface area contributed by atoms with Crippen LogP contribution in [0.25, 0.3) is 16.7 Å². The topological polar surface area (TPSA) is 87.5 Å². The van der Waals surface area contributed by atoms with Gasteiger partial charge in [0.15, 0.2) is 10.9 Å². The molecule has 0 N–H and O–H groups in total. The lowest BCUT2D eigenvalue weighted by atomic mass is 10.1. The van der Waals surface area contributed by atoms with E-state index in [-0.39, 0.29) is 11.7 Å². The Balaban J connectivity index is 1.77. The van der Waals surface area contributed by atoms with Crippen molar-refractivity contribution in [3.63, 3.8) is 0 Å². The van der Waals surface area contributed by atoms with E-state index in [2.05, 4.69) is 20.9 Å². The largest absolute Gasteiger partial charge is 0.521 e. The molecule has 0 aliphatic carbocycles. The molecule has 166 valence electrons. The fourth-order valence-corrected chi connectivity index (χ4v) is 4.48. The highest BCUT2D eigenvalue weighted by atomic mass is 79.9. The van der Waals surface area contributed by atoms with E-state index < -0.39 is 22.4 Å². The molecule has 0 bridgehead atoms. The summed E-state index contributed by atoms with van der Waals surface area (Å²) in [6.07, 6.45) is 0.365. The Kier molecular flexibility index (Phi) is 6.00. The fourth-order valence-electron chi connectivity index (χ4n) is 3.05. The predicted octanol–water partition coefficient (Wildman–Crippen LogP) is 5.65. The molecule has 2 aromatic carbocycles. The first kappa shape index (κ1) is 22.3. The number of imidazole rings is 1. The highest BCUT2D eigenvalue weighted by Gasteiger charge is 2.38. The number of halogens is 2. The maximum absolute atomic E-state index is 14.9. The van der Waals surface area contributed by atoms with E-state index in [0.29, 0.717) is 32.8 Å². The Bertz CT molecular complexity index is 1380. The Morgan fingerprint density at radius 3 is 2.69 bits per heavy atom. The van der Waals surface area contributed by atoms with E-state index in [1.165, 1.54) is 13.0 Å². The van der Waals surface area contributed by atoms with Crippen LogP contribution in [0.2, 0.25) is 0 Å². The van der Waals surface area contributed by atoms with Gasteiger partial charge in [0.2, 0.25) is 0 Å². The molecule has 0 amide bonds. The molecular weight excluding hydrogens is 503 g/mol. The van der Waals surface area contributed by atoms with Gasteiger partial charge >= 0.3 is 17.7 Å². The van der Waals surface area contributed by atoms with Crippen molar-refractivity contribution in [1.29, 1.82) is 0 Å². The number of hydrogen-bond acceptors (Lipinski definition) is 7. The minimum Gasteiger partial charge on any atom is -0.392 e. The van der Waals surface area contributed by atoms with Crippen LogP contribution in [0.1, 0.15) is 26.0 Å². The van der Waals surface area contributed by atoms with Crippen molar-refractivity contribution in [2.24, 2.45) is 0 Å². The molecule has 0 radical (unpaired) electrons. The number of rotatable bonds is 6. The van der Waals surface area contributed by atoms with Crippen molar-refractivity contribution >= 4 is 44.7 Å². The quantitative estimate of drug-likeness (QED) is 0.240. The molecule has 0 saturated carbocycles. The third-order valence-corrected chi connectivity index (χ3v) is 6.84. The Morgan fingerprint density at radius 1 is 1.28 bits per heavy atom. The second-order valence-corrected chi connectivity index (χ2v) is 9.57. The molecule has 0 fully saturated rings. The zero-order valence-corrected chi connectivity index (χ0v) is 19.8. The number of nitrogens with zero attached hydrogens (tertiary/aromatic N) is 2. The van der Waals surface area contributed by atoms with Crippen molar-refractivity contribution < 1.29 is 22.8 Å². The molecule has 0 saturated heterocycles. The van der Waals surface area contributed by atoms with E-state index in [0.717, 1.165) is 11.8 Å². The predicted molar refractivity (Wildman–Crippen MR) is 121 cm³/mol. The highest BCUT2D eigenvalue weighted by molar-refractivity contribution is 9.10. The molecule has 1 unspecified atom stereocenters. The van der Waals surface area contributed by atoms with Crippen molar-refractivity contribution in [3.8, 4) is 11.6 Å². The summed E-state index contributed by atoms with van der Waals surface area (Å²) < 4.78 is 30.9. The van der Waals surface area contributed by atoms with Crippen LogP contribution < -0.4 is 10.6 Å². The highest BCUT2D eigenvalue weighted by Crippen LogP contribution is 2.40. The van der Waals surface area contributed by atoms with Gasteiger partial charge < -0.3 is 13.6 Å². The number of carbonyl (C=O) groups is 1. The second kappa shape index (κ2) is 8.59. The maximum Gasteiger partial charge on any atom is 0.521 e. The molecule has 1 atom stereocenters. The summed E-state index contributed by atoms with van der Waals surface area (Å²) in [6, 6.07) is 12.1. The van der Waals surface area contributed by atoms with E-state index in [9.17, 15) is 14.0 Å². The Labute approximate surface area is 194 Å². The zero-order chi connectivity index (χ0) is 23.0. The van der Waals surface area contributed by atoms with Crippen LogP contribution in [0, 0.1) is 12.7 Å². The molecule has 7 nitrogen and oxygen atoms in total. The number of aromatic nitrogens is 2.